The average Bonchev–Trinajstić information content (AvgIpc) is 2.57. The molecule has 0 bridgehead atoms. The Morgan fingerprint density at radius 3 is 2.80 bits per heavy atom. The van der Waals surface area contributed by atoms with Crippen molar-refractivity contribution in [3.8, 4) is 0 Å². The molecule has 5 nitrogen and oxygen atoms in total. The van der Waals surface area contributed by atoms with Crippen molar-refractivity contribution in [1.82, 2.24) is 20.4 Å². The predicted octanol–water partition coefficient (Wildman–Crippen LogP) is -1.33. The van der Waals surface area contributed by atoms with Gasteiger partial charge in [-0.2, -0.15) is 0 Å². The van der Waals surface area contributed by atoms with Gasteiger partial charge in [-0.25, -0.2) is 0 Å². The van der Waals surface area contributed by atoms with Gasteiger partial charge in [0, 0.05) is 39.3 Å². The summed E-state index contributed by atoms with van der Waals surface area (Å²) in [5, 5.41) is 6.73. The molecule has 2 rings (SSSR count). The quantitative estimate of drug-likeness (QED) is 0.557. The Morgan fingerprint density at radius 1 is 1.07 bits per heavy atom. The summed E-state index contributed by atoms with van der Waals surface area (Å²) in [5.74, 6) is 0. The molecule has 2 heterocycles. The third kappa shape index (κ3) is 2.68. The summed E-state index contributed by atoms with van der Waals surface area (Å²) >= 11 is 0. The number of nitrogens with one attached hydrogen (secondary N) is 2. The highest BCUT2D eigenvalue weighted by Gasteiger charge is 2.26. The molecule has 5 heteroatoms. The van der Waals surface area contributed by atoms with E-state index >= 15 is 0 Å². The van der Waals surface area contributed by atoms with Crippen LogP contribution in [0.4, 0.5) is 0 Å². The molecule has 15 heavy (non-hydrogen) atoms. The van der Waals surface area contributed by atoms with Crippen molar-refractivity contribution >= 4 is 6.41 Å². The molecule has 0 aliphatic carbocycles. The van der Waals surface area contributed by atoms with Gasteiger partial charge in [0.15, 0.2) is 0 Å². The van der Waals surface area contributed by atoms with Gasteiger partial charge in [-0.15, -0.1) is 0 Å². The van der Waals surface area contributed by atoms with Crippen LogP contribution >= 0.6 is 0 Å². The number of nitrogens with zero attached hydrogens (tertiary/aromatic N) is 2. The Morgan fingerprint density at radius 2 is 1.93 bits per heavy atom. The largest absolute Gasteiger partial charge is 0.327 e. The summed E-state index contributed by atoms with van der Waals surface area (Å²) in [6.07, 6.45) is 2.42. The molecule has 0 spiro atoms. The summed E-state index contributed by atoms with van der Waals surface area (Å²) in [7, 11) is 0. The summed E-state index contributed by atoms with van der Waals surface area (Å²) < 4.78 is 0. The molecule has 2 aliphatic rings. The molecule has 2 aliphatic heterocycles. The van der Waals surface area contributed by atoms with Crippen LogP contribution in [0, 0.1) is 0 Å². The van der Waals surface area contributed by atoms with Crippen LogP contribution in [0.2, 0.25) is 0 Å². The van der Waals surface area contributed by atoms with Gasteiger partial charge in [0.05, 0.1) is 6.17 Å². The molecule has 0 aromatic carbocycles. The molecule has 1 amide bonds. The lowest BCUT2D eigenvalue weighted by molar-refractivity contribution is -0.125. The van der Waals surface area contributed by atoms with E-state index in [0.717, 1.165) is 52.2 Å². The molecule has 2 saturated heterocycles. The van der Waals surface area contributed by atoms with Gasteiger partial charge in [-0.05, 0) is 13.0 Å². The number of amides is 1. The van der Waals surface area contributed by atoms with Gasteiger partial charge in [-0.3, -0.25) is 9.69 Å². The van der Waals surface area contributed by atoms with E-state index in [2.05, 4.69) is 15.5 Å². The van der Waals surface area contributed by atoms with Crippen LogP contribution in [0.5, 0.6) is 0 Å². The molecule has 2 N–H and O–H groups in total. The van der Waals surface area contributed by atoms with Crippen LogP contribution in [0.3, 0.4) is 0 Å². The van der Waals surface area contributed by atoms with Crippen LogP contribution in [-0.4, -0.2) is 68.2 Å². The maximum absolute atomic E-state index is 11.0. The van der Waals surface area contributed by atoms with Crippen LogP contribution in [-0.2, 0) is 4.79 Å². The number of hydrogen-bond donors (Lipinski definition) is 2. The first-order valence-electron chi connectivity index (χ1n) is 5.78. The van der Waals surface area contributed by atoms with Crippen LogP contribution in [0.15, 0.2) is 0 Å². The van der Waals surface area contributed by atoms with Gasteiger partial charge in [0.2, 0.25) is 6.41 Å². The van der Waals surface area contributed by atoms with E-state index in [4.69, 9.17) is 0 Å². The third-order valence-electron chi connectivity index (χ3n) is 3.19. The standard InChI is InChI=1S/C10H20N4O/c15-9-14-7-4-12-8-10(14)13-5-1-2-11-3-6-13/h9-12H,1-8H2. The minimum absolute atomic E-state index is 0.260. The topological polar surface area (TPSA) is 47.6 Å². The normalized spacial score (nSPS) is 29.9. The molecular formula is C10H20N4O. The van der Waals surface area contributed by atoms with Crippen molar-refractivity contribution in [2.75, 3.05) is 45.8 Å². The van der Waals surface area contributed by atoms with E-state index in [0.29, 0.717) is 0 Å². The smallest absolute Gasteiger partial charge is 0.211 e. The maximum atomic E-state index is 11.0. The van der Waals surface area contributed by atoms with Gasteiger partial charge in [-0.1, -0.05) is 0 Å². The molecule has 1 atom stereocenters. The van der Waals surface area contributed by atoms with E-state index in [-0.39, 0.29) is 6.17 Å². The zero-order chi connectivity index (χ0) is 10.5. The summed E-state index contributed by atoms with van der Waals surface area (Å²) in [4.78, 5) is 15.3. The number of hydrogen-bond acceptors (Lipinski definition) is 4. The van der Waals surface area contributed by atoms with Crippen LogP contribution in [0.25, 0.3) is 0 Å². The predicted molar refractivity (Wildman–Crippen MR) is 58.5 cm³/mol. The van der Waals surface area contributed by atoms with Crippen molar-refractivity contribution in [3.63, 3.8) is 0 Å². The summed E-state index contributed by atoms with van der Waals surface area (Å²) in [6.45, 7) is 6.90. The van der Waals surface area contributed by atoms with E-state index in [1.165, 1.54) is 6.42 Å². The molecule has 0 aromatic rings. The Balaban J connectivity index is 1.95. The highest BCUT2D eigenvalue weighted by atomic mass is 16.1. The Bertz CT molecular complexity index is 204. The minimum atomic E-state index is 0.260. The van der Waals surface area contributed by atoms with Crippen molar-refractivity contribution in [2.45, 2.75) is 12.6 Å². The van der Waals surface area contributed by atoms with Gasteiger partial charge in [0.25, 0.3) is 0 Å². The molecule has 86 valence electrons. The first-order valence-corrected chi connectivity index (χ1v) is 5.78. The summed E-state index contributed by atoms with van der Waals surface area (Å²) in [5.41, 5.74) is 0. The number of piperazine rings is 1. The second-order valence-electron chi connectivity index (χ2n) is 4.17. The van der Waals surface area contributed by atoms with E-state index in [1.54, 1.807) is 0 Å². The fourth-order valence-electron chi connectivity index (χ4n) is 2.33. The third-order valence-corrected chi connectivity index (χ3v) is 3.19. The molecule has 0 aromatic heterocycles. The zero-order valence-electron chi connectivity index (χ0n) is 9.11. The minimum Gasteiger partial charge on any atom is -0.327 e. The van der Waals surface area contributed by atoms with E-state index in [1.807, 2.05) is 4.90 Å². The first-order chi connectivity index (χ1) is 7.42. The van der Waals surface area contributed by atoms with Gasteiger partial charge in [0.1, 0.15) is 0 Å². The fourth-order valence-corrected chi connectivity index (χ4v) is 2.33. The zero-order valence-corrected chi connectivity index (χ0v) is 9.11. The maximum Gasteiger partial charge on any atom is 0.211 e. The van der Waals surface area contributed by atoms with Crippen LogP contribution < -0.4 is 10.6 Å². The Kier molecular flexibility index (Phi) is 3.94. The monoisotopic (exact) mass is 212 g/mol. The molecule has 0 radical (unpaired) electrons. The number of carbonyl (C=O) groups is 1. The summed E-state index contributed by atoms with van der Waals surface area (Å²) in [6, 6.07) is 0. The SMILES string of the molecule is O=CN1CCNCC1N1CCCNCC1. The van der Waals surface area contributed by atoms with Crippen LogP contribution in [0.1, 0.15) is 6.42 Å². The molecule has 1 unspecified atom stereocenters. The lowest BCUT2D eigenvalue weighted by Gasteiger charge is -2.40. The highest BCUT2D eigenvalue weighted by Crippen LogP contribution is 2.08. The van der Waals surface area contributed by atoms with Crippen molar-refractivity contribution < 1.29 is 4.79 Å². The Hall–Kier alpha value is -0.650. The average molecular weight is 212 g/mol. The molecule has 0 saturated carbocycles. The second kappa shape index (κ2) is 5.44. The number of rotatable bonds is 2. The first kappa shape index (κ1) is 10.9. The lowest BCUT2D eigenvalue weighted by Crippen LogP contribution is -2.59. The van der Waals surface area contributed by atoms with Crippen molar-refractivity contribution in [2.24, 2.45) is 0 Å². The van der Waals surface area contributed by atoms with E-state index in [9.17, 15) is 4.79 Å². The highest BCUT2D eigenvalue weighted by molar-refractivity contribution is 5.48. The fraction of sp³-hybridized carbons (Fsp3) is 0.900. The second-order valence-corrected chi connectivity index (χ2v) is 4.17. The Labute approximate surface area is 90.8 Å². The molecular weight excluding hydrogens is 192 g/mol. The van der Waals surface area contributed by atoms with E-state index < -0.39 is 0 Å². The van der Waals surface area contributed by atoms with Gasteiger partial charge < -0.3 is 15.5 Å². The number of carbonyl (C=O) groups excluding carboxylic acids is 1. The van der Waals surface area contributed by atoms with Crippen molar-refractivity contribution in [3.05, 3.63) is 0 Å². The van der Waals surface area contributed by atoms with Crippen molar-refractivity contribution in [1.29, 1.82) is 0 Å². The lowest BCUT2D eigenvalue weighted by atomic mass is 10.2. The van der Waals surface area contributed by atoms with Gasteiger partial charge >= 0.3 is 0 Å². The molecule has 2 fully saturated rings.